The average Bonchev–Trinajstić information content (AvgIpc) is 2.26. The summed E-state index contributed by atoms with van der Waals surface area (Å²) in [5.41, 5.74) is 5.53. The lowest BCUT2D eigenvalue weighted by Gasteiger charge is -2.08. The van der Waals surface area contributed by atoms with Crippen molar-refractivity contribution in [1.29, 1.82) is 0 Å². The Hall–Kier alpha value is -1.10. The number of methoxy groups -OCH3 is 2. The van der Waals surface area contributed by atoms with Gasteiger partial charge >= 0.3 is 11.9 Å². The number of carbonyl (C=O) groups is 2. The van der Waals surface area contributed by atoms with Crippen LogP contribution in [0.25, 0.3) is 0 Å². The van der Waals surface area contributed by atoms with Gasteiger partial charge in [-0.2, -0.15) is 0 Å². The summed E-state index contributed by atoms with van der Waals surface area (Å²) in [5.74, 6) is -0.588. The molecule has 0 bridgehead atoms. The molecule has 0 aromatic heterocycles. The van der Waals surface area contributed by atoms with Gasteiger partial charge in [0.25, 0.3) is 0 Å². The number of rotatable bonds is 7. The van der Waals surface area contributed by atoms with Crippen molar-refractivity contribution in [2.45, 2.75) is 38.1 Å². The zero-order chi connectivity index (χ0) is 11.7. The largest absolute Gasteiger partial charge is 0.469 e. The molecule has 0 aliphatic carbocycles. The summed E-state index contributed by atoms with van der Waals surface area (Å²) in [5, 5.41) is 0. The summed E-state index contributed by atoms with van der Waals surface area (Å²) in [6.07, 6.45) is 3.45. The first-order valence-corrected chi connectivity index (χ1v) is 5.02. The van der Waals surface area contributed by atoms with Crippen LogP contribution in [-0.2, 0) is 19.1 Å². The lowest BCUT2D eigenvalue weighted by Crippen LogP contribution is -2.31. The molecular formula is C10H19NO4. The highest BCUT2D eigenvalue weighted by Gasteiger charge is 2.12. The minimum Gasteiger partial charge on any atom is -0.469 e. The van der Waals surface area contributed by atoms with E-state index >= 15 is 0 Å². The highest BCUT2D eigenvalue weighted by Crippen LogP contribution is 2.06. The molecule has 0 saturated heterocycles. The topological polar surface area (TPSA) is 78.6 Å². The van der Waals surface area contributed by atoms with Gasteiger partial charge in [-0.05, 0) is 12.8 Å². The van der Waals surface area contributed by atoms with Crippen LogP contribution >= 0.6 is 0 Å². The lowest BCUT2D eigenvalue weighted by atomic mass is 10.1. The number of hydrogen-bond donors (Lipinski definition) is 1. The number of ether oxygens (including phenoxy) is 2. The Morgan fingerprint density at radius 3 is 2.33 bits per heavy atom. The van der Waals surface area contributed by atoms with Crippen molar-refractivity contribution in [2.75, 3.05) is 14.2 Å². The molecule has 0 aromatic carbocycles. The molecule has 5 heteroatoms. The molecule has 0 aliphatic heterocycles. The van der Waals surface area contributed by atoms with Crippen molar-refractivity contribution in [3.8, 4) is 0 Å². The molecule has 0 radical (unpaired) electrons. The Kier molecular flexibility index (Phi) is 7.62. The molecular weight excluding hydrogens is 198 g/mol. The quantitative estimate of drug-likeness (QED) is 0.499. The van der Waals surface area contributed by atoms with Gasteiger partial charge in [0.2, 0.25) is 0 Å². The lowest BCUT2D eigenvalue weighted by molar-refractivity contribution is -0.142. The van der Waals surface area contributed by atoms with Crippen LogP contribution in [0.4, 0.5) is 0 Å². The summed E-state index contributed by atoms with van der Waals surface area (Å²) in [4.78, 5) is 21.7. The van der Waals surface area contributed by atoms with Gasteiger partial charge in [0.15, 0.2) is 0 Å². The summed E-state index contributed by atoms with van der Waals surface area (Å²) in [6, 6.07) is -0.548. The number of unbranched alkanes of at least 4 members (excludes halogenated alkanes) is 2. The first-order valence-electron chi connectivity index (χ1n) is 5.02. The van der Waals surface area contributed by atoms with Crippen molar-refractivity contribution in [3.63, 3.8) is 0 Å². The number of nitrogens with two attached hydrogens (primary N) is 1. The maximum atomic E-state index is 10.9. The Labute approximate surface area is 89.9 Å². The third-order valence-electron chi connectivity index (χ3n) is 2.13. The Bertz CT molecular complexity index is 206. The minimum absolute atomic E-state index is 0.202. The van der Waals surface area contributed by atoms with Gasteiger partial charge in [0.1, 0.15) is 6.04 Å². The second-order valence-electron chi connectivity index (χ2n) is 3.31. The second-order valence-corrected chi connectivity index (χ2v) is 3.31. The van der Waals surface area contributed by atoms with E-state index in [1.807, 2.05) is 0 Å². The standard InChI is InChI=1S/C10H19NO4/c1-14-9(12)7-5-3-4-6-8(11)10(13)15-2/h8H,3-7,11H2,1-2H3/t8-/m1/s1. The predicted octanol–water partition coefficient (Wildman–Crippen LogP) is 0.610. The highest BCUT2D eigenvalue weighted by atomic mass is 16.5. The van der Waals surface area contributed by atoms with Crippen LogP contribution in [0.3, 0.4) is 0 Å². The zero-order valence-electron chi connectivity index (χ0n) is 9.32. The van der Waals surface area contributed by atoms with Crippen molar-refractivity contribution in [2.24, 2.45) is 5.73 Å². The van der Waals surface area contributed by atoms with Crippen molar-refractivity contribution < 1.29 is 19.1 Å². The van der Waals surface area contributed by atoms with Crippen molar-refractivity contribution in [3.05, 3.63) is 0 Å². The summed E-state index contributed by atoms with van der Waals surface area (Å²) >= 11 is 0. The van der Waals surface area contributed by atoms with E-state index in [1.54, 1.807) is 0 Å². The summed E-state index contributed by atoms with van der Waals surface area (Å²) in [7, 11) is 2.69. The number of esters is 2. The molecule has 0 amide bonds. The van der Waals surface area contributed by atoms with Crippen LogP contribution in [-0.4, -0.2) is 32.2 Å². The Morgan fingerprint density at radius 2 is 1.80 bits per heavy atom. The summed E-state index contributed by atoms with van der Waals surface area (Å²) < 4.78 is 8.98. The zero-order valence-corrected chi connectivity index (χ0v) is 9.32. The van der Waals surface area contributed by atoms with E-state index in [9.17, 15) is 9.59 Å². The van der Waals surface area contributed by atoms with E-state index in [-0.39, 0.29) is 11.9 Å². The fraction of sp³-hybridized carbons (Fsp3) is 0.800. The average molecular weight is 217 g/mol. The molecule has 88 valence electrons. The molecule has 5 nitrogen and oxygen atoms in total. The fourth-order valence-electron chi connectivity index (χ4n) is 1.18. The van der Waals surface area contributed by atoms with Gasteiger partial charge in [-0.3, -0.25) is 9.59 Å². The second kappa shape index (κ2) is 8.23. The molecule has 1 atom stereocenters. The first-order chi connectivity index (χ1) is 7.11. The number of hydrogen-bond acceptors (Lipinski definition) is 5. The van der Waals surface area contributed by atoms with Crippen LogP contribution < -0.4 is 5.73 Å². The van der Waals surface area contributed by atoms with Gasteiger partial charge < -0.3 is 15.2 Å². The SMILES string of the molecule is COC(=O)CCCCC[C@@H](N)C(=O)OC. The van der Waals surface area contributed by atoms with E-state index in [0.717, 1.165) is 19.3 Å². The van der Waals surface area contributed by atoms with E-state index in [1.165, 1.54) is 14.2 Å². The van der Waals surface area contributed by atoms with Crippen LogP contribution in [0, 0.1) is 0 Å². The van der Waals surface area contributed by atoms with Gasteiger partial charge in [-0.25, -0.2) is 0 Å². The maximum absolute atomic E-state index is 10.9. The summed E-state index contributed by atoms with van der Waals surface area (Å²) in [6.45, 7) is 0. The Morgan fingerprint density at radius 1 is 1.13 bits per heavy atom. The molecule has 2 N–H and O–H groups in total. The molecule has 0 heterocycles. The van der Waals surface area contributed by atoms with E-state index < -0.39 is 6.04 Å². The highest BCUT2D eigenvalue weighted by molar-refractivity contribution is 5.75. The van der Waals surface area contributed by atoms with Gasteiger partial charge in [0.05, 0.1) is 14.2 Å². The van der Waals surface area contributed by atoms with Crippen molar-refractivity contribution >= 4 is 11.9 Å². The molecule has 0 rings (SSSR count). The van der Waals surface area contributed by atoms with Crippen LogP contribution in [0.15, 0.2) is 0 Å². The third kappa shape index (κ3) is 6.90. The normalized spacial score (nSPS) is 11.9. The van der Waals surface area contributed by atoms with Gasteiger partial charge in [0, 0.05) is 6.42 Å². The molecule has 15 heavy (non-hydrogen) atoms. The monoisotopic (exact) mass is 217 g/mol. The van der Waals surface area contributed by atoms with Crippen LogP contribution in [0.5, 0.6) is 0 Å². The Balaban J connectivity index is 3.38. The van der Waals surface area contributed by atoms with Gasteiger partial charge in [-0.1, -0.05) is 12.8 Å². The molecule has 0 fully saturated rings. The van der Waals surface area contributed by atoms with E-state index in [4.69, 9.17) is 5.73 Å². The third-order valence-corrected chi connectivity index (χ3v) is 2.13. The fourth-order valence-corrected chi connectivity index (χ4v) is 1.18. The van der Waals surface area contributed by atoms with Gasteiger partial charge in [-0.15, -0.1) is 0 Å². The smallest absolute Gasteiger partial charge is 0.322 e. The predicted molar refractivity (Wildman–Crippen MR) is 55.1 cm³/mol. The minimum atomic E-state index is -0.548. The van der Waals surface area contributed by atoms with Crippen LogP contribution in [0.2, 0.25) is 0 Å². The van der Waals surface area contributed by atoms with Crippen LogP contribution in [0.1, 0.15) is 32.1 Å². The first kappa shape index (κ1) is 13.9. The molecule has 0 saturated carbocycles. The van der Waals surface area contributed by atoms with E-state index in [2.05, 4.69) is 9.47 Å². The van der Waals surface area contributed by atoms with E-state index in [0.29, 0.717) is 12.8 Å². The molecule has 0 aliphatic rings. The molecule has 0 spiro atoms. The number of carbonyl (C=O) groups excluding carboxylic acids is 2. The van der Waals surface area contributed by atoms with Crippen molar-refractivity contribution in [1.82, 2.24) is 0 Å². The molecule has 0 unspecified atom stereocenters. The maximum Gasteiger partial charge on any atom is 0.322 e. The molecule has 0 aromatic rings.